The molecule has 1 aliphatic carbocycles. The van der Waals surface area contributed by atoms with Crippen LogP contribution in [0, 0.1) is 0 Å². The zero-order chi connectivity index (χ0) is 26.6. The number of nitrogens with zero attached hydrogens (tertiary/aromatic N) is 1. The summed E-state index contributed by atoms with van der Waals surface area (Å²) in [6.07, 6.45) is 1.46. The van der Waals surface area contributed by atoms with Gasteiger partial charge in [-0.3, -0.25) is 24.6 Å². The summed E-state index contributed by atoms with van der Waals surface area (Å²) in [7, 11) is 0. The normalized spacial score (nSPS) is 12.7. The average Bonchev–Trinajstić information content (AvgIpc) is 2.97. The minimum absolute atomic E-state index is 0.0102. The van der Waals surface area contributed by atoms with Crippen LogP contribution in [0.1, 0.15) is 36.8 Å². The van der Waals surface area contributed by atoms with Gasteiger partial charge in [-0.25, -0.2) is 5.48 Å². The number of hydrogen-bond donors (Lipinski definition) is 4. The molecule has 188 valence electrons. The highest BCUT2D eigenvalue weighted by atomic mass is 35.5. The van der Waals surface area contributed by atoms with Crippen molar-refractivity contribution in [3.05, 3.63) is 124 Å². The predicted octanol–water partition coefficient (Wildman–Crippen LogP) is 5.42. The molecule has 1 aromatic heterocycles. The number of fused-ring (bicyclic) bond motifs is 1. The van der Waals surface area contributed by atoms with Gasteiger partial charge >= 0.3 is 0 Å². The van der Waals surface area contributed by atoms with E-state index >= 15 is 0 Å². The van der Waals surface area contributed by atoms with Crippen LogP contribution in [0.5, 0.6) is 0 Å². The molecule has 0 radical (unpaired) electrons. The Hall–Kier alpha value is -4.79. The fourth-order valence-corrected chi connectivity index (χ4v) is 4.40. The van der Waals surface area contributed by atoms with Crippen LogP contribution < -0.4 is 16.1 Å². The van der Waals surface area contributed by atoms with E-state index in [0.717, 1.165) is 16.8 Å². The molecule has 1 aliphatic rings. The second-order valence-electron chi connectivity index (χ2n) is 8.49. The average molecular weight is 525 g/mol. The van der Waals surface area contributed by atoms with Gasteiger partial charge in [0.25, 0.3) is 5.91 Å². The molecule has 8 nitrogen and oxygen atoms in total. The first-order valence-corrected chi connectivity index (χ1v) is 12.0. The maximum absolute atomic E-state index is 12.8. The lowest BCUT2D eigenvalue weighted by molar-refractivity contribution is 0.0707. The van der Waals surface area contributed by atoms with E-state index in [-0.39, 0.29) is 22.0 Å². The lowest BCUT2D eigenvalue weighted by Crippen LogP contribution is -2.25. The molecular formula is C29H21ClN4O4. The van der Waals surface area contributed by atoms with Gasteiger partial charge in [-0.05, 0) is 65.2 Å². The topological polar surface area (TPSA) is 120 Å². The van der Waals surface area contributed by atoms with E-state index in [1.54, 1.807) is 29.7 Å². The van der Waals surface area contributed by atoms with E-state index < -0.39 is 17.5 Å². The van der Waals surface area contributed by atoms with Gasteiger partial charge in [-0.15, -0.1) is 0 Å². The van der Waals surface area contributed by atoms with Crippen molar-refractivity contribution >= 4 is 40.4 Å². The number of hydroxylamine groups is 1. The molecule has 0 unspecified atom stereocenters. The number of hydrogen-bond acceptors (Lipinski definition) is 7. The first-order chi connectivity index (χ1) is 18.5. The number of rotatable bonds is 7. The summed E-state index contributed by atoms with van der Waals surface area (Å²) in [4.78, 5) is 41.6. The van der Waals surface area contributed by atoms with E-state index in [1.165, 1.54) is 12.3 Å². The Morgan fingerprint density at radius 2 is 1.58 bits per heavy atom. The monoisotopic (exact) mass is 524 g/mol. The van der Waals surface area contributed by atoms with Crippen molar-refractivity contribution in [1.29, 1.82) is 0 Å². The minimum Gasteiger partial charge on any atom is -0.381 e. The molecule has 1 heterocycles. The van der Waals surface area contributed by atoms with Gasteiger partial charge in [-0.1, -0.05) is 48.0 Å². The molecule has 0 saturated heterocycles. The fourth-order valence-electron chi connectivity index (χ4n) is 4.17. The second-order valence-corrected chi connectivity index (χ2v) is 8.87. The number of aromatic nitrogens is 1. The number of allylic oxidation sites excluding steroid dienone is 2. The number of pyridine rings is 1. The van der Waals surface area contributed by atoms with E-state index in [9.17, 15) is 14.4 Å². The van der Waals surface area contributed by atoms with Crippen LogP contribution in [-0.4, -0.2) is 27.7 Å². The molecule has 0 fully saturated rings. The van der Waals surface area contributed by atoms with E-state index in [2.05, 4.69) is 15.6 Å². The lowest BCUT2D eigenvalue weighted by Gasteiger charge is -2.18. The molecule has 38 heavy (non-hydrogen) atoms. The summed E-state index contributed by atoms with van der Waals surface area (Å²) in [6.45, 7) is 0.472. The first-order valence-electron chi connectivity index (χ1n) is 11.6. The maximum atomic E-state index is 12.8. The number of nitrogens with one attached hydrogen (secondary N) is 3. The van der Waals surface area contributed by atoms with Gasteiger partial charge in [0, 0.05) is 29.7 Å². The van der Waals surface area contributed by atoms with Crippen LogP contribution in [0.3, 0.4) is 0 Å². The van der Waals surface area contributed by atoms with Crippen LogP contribution in [0.25, 0.3) is 11.1 Å². The van der Waals surface area contributed by atoms with Crippen LogP contribution in [0.4, 0.5) is 11.4 Å². The van der Waals surface area contributed by atoms with Crippen molar-refractivity contribution in [2.75, 3.05) is 10.6 Å². The van der Waals surface area contributed by atoms with Crippen molar-refractivity contribution in [2.24, 2.45) is 0 Å². The Balaban J connectivity index is 1.30. The lowest BCUT2D eigenvalue weighted by atomic mass is 9.96. The molecule has 0 aliphatic heterocycles. The van der Waals surface area contributed by atoms with E-state index in [0.29, 0.717) is 23.4 Å². The smallest absolute Gasteiger partial charge is 0.275 e. The van der Waals surface area contributed by atoms with Gasteiger partial charge < -0.3 is 10.6 Å². The number of anilines is 2. The summed E-state index contributed by atoms with van der Waals surface area (Å²) < 4.78 is 0. The van der Waals surface area contributed by atoms with Gasteiger partial charge in [0.05, 0.1) is 5.56 Å². The number of benzene rings is 3. The molecule has 4 N–H and O–H groups in total. The van der Waals surface area contributed by atoms with Crippen molar-refractivity contribution in [2.45, 2.75) is 6.54 Å². The highest BCUT2D eigenvalue weighted by molar-refractivity contribution is 6.50. The van der Waals surface area contributed by atoms with Gasteiger partial charge in [0.2, 0.25) is 11.6 Å². The predicted molar refractivity (Wildman–Crippen MR) is 144 cm³/mol. The third-order valence-electron chi connectivity index (χ3n) is 6.08. The number of carbonyl (C=O) groups excluding carboxylic acids is 3. The Labute approximate surface area is 223 Å². The highest BCUT2D eigenvalue weighted by Crippen LogP contribution is 2.29. The minimum atomic E-state index is -0.584. The molecule has 9 heteroatoms. The Bertz CT molecular complexity index is 1580. The third-order valence-corrected chi connectivity index (χ3v) is 6.44. The number of ketones is 2. The summed E-state index contributed by atoms with van der Waals surface area (Å²) in [6, 6.07) is 25.1. The molecule has 1 amide bonds. The number of amides is 1. The highest BCUT2D eigenvalue weighted by Gasteiger charge is 2.32. The summed E-state index contributed by atoms with van der Waals surface area (Å²) in [5.41, 5.74) is 6.18. The van der Waals surface area contributed by atoms with Gasteiger partial charge in [-0.2, -0.15) is 0 Å². The Morgan fingerprint density at radius 3 is 2.32 bits per heavy atom. The van der Waals surface area contributed by atoms with Gasteiger partial charge in [0.1, 0.15) is 16.4 Å². The quantitative estimate of drug-likeness (QED) is 0.188. The molecule has 5 rings (SSSR count). The Morgan fingerprint density at radius 1 is 0.842 bits per heavy atom. The number of halogens is 1. The molecule has 4 aromatic rings. The number of Topliss-reactive ketones (excluding diaryl/α,β-unsaturated/α-hetero) is 2. The van der Waals surface area contributed by atoms with Crippen molar-refractivity contribution < 1.29 is 19.6 Å². The van der Waals surface area contributed by atoms with E-state index in [1.807, 2.05) is 54.6 Å². The van der Waals surface area contributed by atoms with Crippen LogP contribution in [0.15, 0.2) is 102 Å². The number of carbonyl (C=O) groups is 3. The molecule has 3 aromatic carbocycles. The zero-order valence-electron chi connectivity index (χ0n) is 19.9. The van der Waals surface area contributed by atoms with E-state index in [4.69, 9.17) is 16.8 Å². The Kier molecular flexibility index (Phi) is 6.99. The third kappa shape index (κ3) is 4.90. The second kappa shape index (κ2) is 10.7. The van der Waals surface area contributed by atoms with Crippen LogP contribution >= 0.6 is 11.6 Å². The standard InChI is InChI=1S/C29H21ClN4O4/c30-24-26(28(36)25-22(27(24)35)7-4-14-31-25)33-20-11-9-19(10-12-20)32-16-17-8-13-21(29(37)34-38)23(15-17)18-5-2-1-3-6-18/h1-15,32-33,38H,16H2,(H,34,37). The SMILES string of the molecule is O=C(NO)c1ccc(CNc2ccc(NC3=C(Cl)C(=O)c4cccnc4C3=O)cc2)cc1-c1ccccc1. The summed E-state index contributed by atoms with van der Waals surface area (Å²) in [5.74, 6) is -1.48. The summed E-state index contributed by atoms with van der Waals surface area (Å²) >= 11 is 6.22. The zero-order valence-corrected chi connectivity index (χ0v) is 20.6. The maximum Gasteiger partial charge on any atom is 0.275 e. The summed E-state index contributed by atoms with van der Waals surface area (Å²) in [5, 5.41) is 15.2. The molecular weight excluding hydrogens is 504 g/mol. The fraction of sp³-hybridized carbons (Fsp3) is 0.0345. The van der Waals surface area contributed by atoms with Crippen molar-refractivity contribution in [1.82, 2.24) is 10.5 Å². The first kappa shape index (κ1) is 24.9. The molecule has 0 bridgehead atoms. The molecule has 0 saturated carbocycles. The van der Waals surface area contributed by atoms with Crippen LogP contribution in [-0.2, 0) is 6.54 Å². The molecule has 0 atom stereocenters. The van der Waals surface area contributed by atoms with Crippen LogP contribution in [0.2, 0.25) is 0 Å². The van der Waals surface area contributed by atoms with Crippen molar-refractivity contribution in [3.8, 4) is 11.1 Å². The molecule has 0 spiro atoms. The van der Waals surface area contributed by atoms with Crippen molar-refractivity contribution in [3.63, 3.8) is 0 Å². The van der Waals surface area contributed by atoms with Gasteiger partial charge in [0.15, 0.2) is 0 Å². The largest absolute Gasteiger partial charge is 0.381 e.